The minimum atomic E-state index is -0.561. The van der Waals surface area contributed by atoms with Gasteiger partial charge >= 0.3 is 5.97 Å². The highest BCUT2D eigenvalue weighted by Gasteiger charge is 2.14. The fourth-order valence-electron chi connectivity index (χ4n) is 1.24. The van der Waals surface area contributed by atoms with Crippen LogP contribution in [0, 0.1) is 11.8 Å². The fraction of sp³-hybridized carbons (Fsp3) is 0.400. The molecule has 0 fully saturated rings. The number of hydrogen-bond acceptors (Lipinski definition) is 4. The summed E-state index contributed by atoms with van der Waals surface area (Å²) in [4.78, 5) is 11.5. The molecule has 1 aromatic rings. The van der Waals surface area contributed by atoms with Gasteiger partial charge in [0.25, 0.3) is 0 Å². The third-order valence-corrected chi connectivity index (χ3v) is 1.92. The first-order valence-electron chi connectivity index (χ1n) is 5.88. The van der Waals surface area contributed by atoms with Gasteiger partial charge in [0, 0.05) is 13.0 Å². The Morgan fingerprint density at radius 3 is 2.58 bits per heavy atom. The summed E-state index contributed by atoms with van der Waals surface area (Å²) < 4.78 is 15.3. The van der Waals surface area contributed by atoms with Crippen LogP contribution in [0.2, 0.25) is 0 Å². The van der Waals surface area contributed by atoms with E-state index in [1.165, 1.54) is 7.11 Å². The highest BCUT2D eigenvalue weighted by atomic mass is 16.7. The van der Waals surface area contributed by atoms with Crippen LogP contribution in [0.25, 0.3) is 0 Å². The molecular weight excluding hydrogens is 244 g/mol. The summed E-state index contributed by atoms with van der Waals surface area (Å²) in [7, 11) is 1.54. The van der Waals surface area contributed by atoms with Gasteiger partial charge in [-0.25, -0.2) is 4.79 Å². The lowest BCUT2D eigenvalue weighted by Gasteiger charge is -2.16. The van der Waals surface area contributed by atoms with Crippen LogP contribution in [-0.2, 0) is 14.3 Å². The molecule has 102 valence electrons. The topological polar surface area (TPSA) is 44.8 Å². The van der Waals surface area contributed by atoms with Gasteiger partial charge in [-0.05, 0) is 32.9 Å². The molecule has 0 aliphatic rings. The molecule has 4 nitrogen and oxygen atoms in total. The van der Waals surface area contributed by atoms with Crippen LogP contribution in [0.15, 0.2) is 24.3 Å². The van der Waals surface area contributed by atoms with Gasteiger partial charge in [0.1, 0.15) is 11.4 Å². The molecule has 0 bridgehead atoms. The Morgan fingerprint density at radius 2 is 1.95 bits per heavy atom. The first kappa shape index (κ1) is 15.1. The van der Waals surface area contributed by atoms with Crippen molar-refractivity contribution in [2.75, 3.05) is 13.9 Å². The Labute approximate surface area is 113 Å². The summed E-state index contributed by atoms with van der Waals surface area (Å²) in [5.74, 6) is 5.19. The zero-order valence-corrected chi connectivity index (χ0v) is 11.6. The lowest BCUT2D eigenvalue weighted by atomic mass is 10.2. The Hall–Kier alpha value is -1.99. The van der Waals surface area contributed by atoms with E-state index in [1.807, 2.05) is 12.1 Å². The summed E-state index contributed by atoms with van der Waals surface area (Å²) in [6.07, 6.45) is 0. The van der Waals surface area contributed by atoms with E-state index < -0.39 is 11.6 Å². The molecule has 0 N–H and O–H groups in total. The molecule has 0 aromatic heterocycles. The fourth-order valence-corrected chi connectivity index (χ4v) is 1.24. The SMILES string of the molecule is COCOc1ccccc1C#CC(=O)OC(C)(C)C. The molecule has 0 unspecified atom stereocenters. The van der Waals surface area contributed by atoms with Crippen molar-refractivity contribution < 1.29 is 19.0 Å². The minimum Gasteiger partial charge on any atom is -0.466 e. The number of methoxy groups -OCH3 is 1. The number of hydrogen-bond donors (Lipinski definition) is 0. The second kappa shape index (κ2) is 6.81. The van der Waals surface area contributed by atoms with E-state index >= 15 is 0 Å². The molecule has 1 rings (SSSR count). The quantitative estimate of drug-likeness (QED) is 0.476. The number of esters is 1. The predicted molar refractivity (Wildman–Crippen MR) is 71.7 cm³/mol. The van der Waals surface area contributed by atoms with E-state index in [9.17, 15) is 4.79 Å². The maximum atomic E-state index is 11.5. The smallest absolute Gasteiger partial charge is 0.385 e. The molecule has 0 atom stereocenters. The summed E-state index contributed by atoms with van der Waals surface area (Å²) in [6.45, 7) is 5.51. The zero-order valence-electron chi connectivity index (χ0n) is 11.6. The molecule has 0 heterocycles. The molecule has 0 spiro atoms. The predicted octanol–water partition coefficient (Wildman–Crippen LogP) is 2.36. The van der Waals surface area contributed by atoms with Crippen LogP contribution >= 0.6 is 0 Å². The van der Waals surface area contributed by atoms with Crippen molar-refractivity contribution >= 4 is 5.97 Å². The third-order valence-electron chi connectivity index (χ3n) is 1.92. The molecule has 0 amide bonds. The Morgan fingerprint density at radius 1 is 1.26 bits per heavy atom. The van der Waals surface area contributed by atoms with E-state index in [4.69, 9.17) is 14.2 Å². The number of para-hydroxylation sites is 1. The first-order chi connectivity index (χ1) is 8.92. The van der Waals surface area contributed by atoms with Gasteiger partial charge in [0.15, 0.2) is 6.79 Å². The highest BCUT2D eigenvalue weighted by molar-refractivity contribution is 5.89. The normalized spacial score (nSPS) is 10.3. The average molecular weight is 262 g/mol. The second-order valence-electron chi connectivity index (χ2n) is 4.80. The Balaban J connectivity index is 2.79. The first-order valence-corrected chi connectivity index (χ1v) is 5.88. The average Bonchev–Trinajstić information content (AvgIpc) is 2.32. The largest absolute Gasteiger partial charge is 0.466 e. The number of carbonyl (C=O) groups is 1. The van der Waals surface area contributed by atoms with Crippen molar-refractivity contribution in [3.8, 4) is 17.6 Å². The number of carbonyl (C=O) groups excluding carboxylic acids is 1. The van der Waals surface area contributed by atoms with Crippen LogP contribution in [0.3, 0.4) is 0 Å². The van der Waals surface area contributed by atoms with Crippen LogP contribution in [0.4, 0.5) is 0 Å². The third kappa shape index (κ3) is 5.94. The van der Waals surface area contributed by atoms with E-state index in [2.05, 4.69) is 11.8 Å². The maximum Gasteiger partial charge on any atom is 0.385 e. The molecule has 0 saturated heterocycles. The van der Waals surface area contributed by atoms with E-state index in [0.29, 0.717) is 11.3 Å². The summed E-state index contributed by atoms with van der Waals surface area (Å²) >= 11 is 0. The summed E-state index contributed by atoms with van der Waals surface area (Å²) in [5.41, 5.74) is 0.0723. The summed E-state index contributed by atoms with van der Waals surface area (Å²) in [6, 6.07) is 7.17. The summed E-state index contributed by atoms with van der Waals surface area (Å²) in [5, 5.41) is 0. The Kier molecular flexibility index (Phi) is 5.40. The van der Waals surface area contributed by atoms with Crippen LogP contribution in [-0.4, -0.2) is 25.5 Å². The van der Waals surface area contributed by atoms with Gasteiger partial charge in [-0.3, -0.25) is 0 Å². The molecular formula is C15H18O4. The molecule has 0 aliphatic heterocycles. The van der Waals surface area contributed by atoms with Crippen molar-refractivity contribution in [1.82, 2.24) is 0 Å². The maximum absolute atomic E-state index is 11.5. The lowest BCUT2D eigenvalue weighted by Crippen LogP contribution is -2.22. The van der Waals surface area contributed by atoms with Crippen molar-refractivity contribution in [2.24, 2.45) is 0 Å². The molecule has 4 heteroatoms. The number of benzene rings is 1. The molecule has 1 aromatic carbocycles. The second-order valence-corrected chi connectivity index (χ2v) is 4.80. The highest BCUT2D eigenvalue weighted by Crippen LogP contribution is 2.16. The van der Waals surface area contributed by atoms with E-state index in [-0.39, 0.29) is 6.79 Å². The monoisotopic (exact) mass is 262 g/mol. The minimum absolute atomic E-state index is 0.130. The van der Waals surface area contributed by atoms with Crippen LogP contribution < -0.4 is 4.74 Å². The van der Waals surface area contributed by atoms with E-state index in [0.717, 1.165) is 0 Å². The van der Waals surface area contributed by atoms with E-state index in [1.54, 1.807) is 32.9 Å². The van der Waals surface area contributed by atoms with Crippen molar-refractivity contribution in [3.63, 3.8) is 0 Å². The zero-order chi connectivity index (χ0) is 14.3. The van der Waals surface area contributed by atoms with Gasteiger partial charge in [-0.15, -0.1) is 0 Å². The number of rotatable bonds is 3. The standard InChI is InChI=1S/C15H18O4/c1-15(2,3)19-14(16)10-9-12-7-5-6-8-13(12)18-11-17-4/h5-8H,11H2,1-4H3. The van der Waals surface area contributed by atoms with Gasteiger partial charge in [-0.1, -0.05) is 18.1 Å². The molecule has 19 heavy (non-hydrogen) atoms. The van der Waals surface area contributed by atoms with Gasteiger partial charge < -0.3 is 14.2 Å². The van der Waals surface area contributed by atoms with Crippen molar-refractivity contribution in [2.45, 2.75) is 26.4 Å². The van der Waals surface area contributed by atoms with Crippen molar-refractivity contribution in [1.29, 1.82) is 0 Å². The van der Waals surface area contributed by atoms with Crippen LogP contribution in [0.5, 0.6) is 5.75 Å². The molecule has 0 aliphatic carbocycles. The molecule has 0 radical (unpaired) electrons. The van der Waals surface area contributed by atoms with Gasteiger partial charge in [0.05, 0.1) is 5.56 Å². The van der Waals surface area contributed by atoms with Gasteiger partial charge in [0.2, 0.25) is 0 Å². The lowest BCUT2D eigenvalue weighted by molar-refractivity contribution is -0.147. The van der Waals surface area contributed by atoms with Crippen LogP contribution in [0.1, 0.15) is 26.3 Å². The number of ether oxygens (including phenoxy) is 3. The van der Waals surface area contributed by atoms with Gasteiger partial charge in [-0.2, -0.15) is 0 Å². The Bertz CT molecular complexity index is 489. The molecule has 0 saturated carbocycles. The van der Waals surface area contributed by atoms with Crippen molar-refractivity contribution in [3.05, 3.63) is 29.8 Å².